The standard InChI is InChI=1S/C24H22N6O5/c1-32-19-8-5-17(13-20(19)33-2)24-28-27-21-9-10-23(29-30(21)24)34-12-11-26-22(31)15-35-18-6-3-16(14-25)4-7-18/h3-10,13H,11-12,15H2,1-2H3,(H,26,31). The maximum atomic E-state index is 12.0. The molecular formula is C24H22N6O5. The number of carbonyl (C=O) groups excluding carboxylic acids is 1. The lowest BCUT2D eigenvalue weighted by Crippen LogP contribution is -2.32. The zero-order valence-corrected chi connectivity index (χ0v) is 19.1. The van der Waals surface area contributed by atoms with Crippen LogP contribution in [0, 0.1) is 11.3 Å². The van der Waals surface area contributed by atoms with Crippen molar-refractivity contribution in [3.63, 3.8) is 0 Å². The van der Waals surface area contributed by atoms with Crippen molar-refractivity contribution in [3.8, 4) is 40.6 Å². The van der Waals surface area contributed by atoms with Crippen LogP contribution in [0.15, 0.2) is 54.6 Å². The van der Waals surface area contributed by atoms with Gasteiger partial charge in [-0.15, -0.1) is 15.3 Å². The number of aromatic nitrogens is 4. The number of nitrogens with one attached hydrogen (secondary N) is 1. The molecule has 0 saturated heterocycles. The van der Waals surface area contributed by atoms with E-state index in [1.807, 2.05) is 12.1 Å². The van der Waals surface area contributed by atoms with E-state index in [0.29, 0.717) is 40.2 Å². The van der Waals surface area contributed by atoms with Crippen LogP contribution in [0.5, 0.6) is 23.1 Å². The monoisotopic (exact) mass is 474 g/mol. The third-order valence-electron chi connectivity index (χ3n) is 4.91. The van der Waals surface area contributed by atoms with Gasteiger partial charge in [0.2, 0.25) is 5.88 Å². The van der Waals surface area contributed by atoms with Crippen LogP contribution in [0.1, 0.15) is 5.56 Å². The Kier molecular flexibility index (Phi) is 7.22. The van der Waals surface area contributed by atoms with Crippen molar-refractivity contribution < 1.29 is 23.7 Å². The van der Waals surface area contributed by atoms with Gasteiger partial charge >= 0.3 is 0 Å². The molecule has 0 aliphatic carbocycles. The molecule has 2 heterocycles. The summed E-state index contributed by atoms with van der Waals surface area (Å²) in [5, 5.41) is 24.3. The third-order valence-corrected chi connectivity index (χ3v) is 4.91. The fraction of sp³-hybridized carbons (Fsp3) is 0.208. The van der Waals surface area contributed by atoms with Gasteiger partial charge in [-0.1, -0.05) is 0 Å². The predicted octanol–water partition coefficient (Wildman–Crippen LogP) is 2.25. The second kappa shape index (κ2) is 10.8. The molecule has 35 heavy (non-hydrogen) atoms. The van der Waals surface area contributed by atoms with E-state index < -0.39 is 0 Å². The van der Waals surface area contributed by atoms with Gasteiger partial charge in [-0.2, -0.15) is 9.78 Å². The van der Waals surface area contributed by atoms with Gasteiger partial charge in [0.1, 0.15) is 12.4 Å². The van der Waals surface area contributed by atoms with Crippen LogP contribution in [0.25, 0.3) is 17.0 Å². The van der Waals surface area contributed by atoms with Crippen LogP contribution >= 0.6 is 0 Å². The molecule has 11 heteroatoms. The Morgan fingerprint density at radius 1 is 1.00 bits per heavy atom. The Balaban J connectivity index is 1.32. The lowest BCUT2D eigenvalue weighted by Gasteiger charge is -2.10. The molecule has 0 spiro atoms. The quantitative estimate of drug-likeness (QED) is 0.344. The first-order valence-corrected chi connectivity index (χ1v) is 10.6. The summed E-state index contributed by atoms with van der Waals surface area (Å²) in [4.78, 5) is 12.0. The summed E-state index contributed by atoms with van der Waals surface area (Å²) in [6, 6.07) is 17.4. The summed E-state index contributed by atoms with van der Waals surface area (Å²) < 4.78 is 23.3. The molecule has 0 bridgehead atoms. The van der Waals surface area contributed by atoms with Gasteiger partial charge in [-0.05, 0) is 48.5 Å². The predicted molar refractivity (Wildman–Crippen MR) is 124 cm³/mol. The van der Waals surface area contributed by atoms with Crippen LogP contribution in [-0.2, 0) is 4.79 Å². The second-order valence-corrected chi connectivity index (χ2v) is 7.16. The fourth-order valence-corrected chi connectivity index (χ4v) is 3.18. The van der Waals surface area contributed by atoms with E-state index in [9.17, 15) is 4.79 Å². The summed E-state index contributed by atoms with van der Waals surface area (Å²) in [5.41, 5.74) is 1.82. The largest absolute Gasteiger partial charge is 0.493 e. The molecule has 178 valence electrons. The molecular weight excluding hydrogens is 452 g/mol. The van der Waals surface area contributed by atoms with Crippen molar-refractivity contribution in [3.05, 3.63) is 60.2 Å². The molecule has 1 amide bonds. The number of rotatable bonds is 10. The molecule has 2 aromatic heterocycles. The lowest BCUT2D eigenvalue weighted by atomic mass is 10.2. The van der Waals surface area contributed by atoms with Crippen molar-refractivity contribution in [2.24, 2.45) is 0 Å². The number of amides is 1. The number of fused-ring (bicyclic) bond motifs is 1. The minimum atomic E-state index is -0.295. The van der Waals surface area contributed by atoms with E-state index >= 15 is 0 Å². The number of nitrogens with zero attached hydrogens (tertiary/aromatic N) is 5. The van der Waals surface area contributed by atoms with E-state index in [0.717, 1.165) is 5.56 Å². The van der Waals surface area contributed by atoms with E-state index in [1.54, 1.807) is 67.3 Å². The maximum absolute atomic E-state index is 12.0. The number of hydrogen-bond acceptors (Lipinski definition) is 9. The SMILES string of the molecule is COc1ccc(-c2nnc3ccc(OCCNC(=O)COc4ccc(C#N)cc4)nn23)cc1OC. The highest BCUT2D eigenvalue weighted by molar-refractivity contribution is 5.77. The van der Waals surface area contributed by atoms with Gasteiger partial charge in [0, 0.05) is 11.6 Å². The summed E-state index contributed by atoms with van der Waals surface area (Å²) in [6.07, 6.45) is 0. The zero-order valence-electron chi connectivity index (χ0n) is 19.1. The van der Waals surface area contributed by atoms with Gasteiger partial charge in [-0.25, -0.2) is 0 Å². The van der Waals surface area contributed by atoms with Gasteiger partial charge in [-0.3, -0.25) is 4.79 Å². The molecule has 0 unspecified atom stereocenters. The summed E-state index contributed by atoms with van der Waals surface area (Å²) in [6.45, 7) is 0.320. The molecule has 4 aromatic rings. The van der Waals surface area contributed by atoms with Crippen LogP contribution in [0.3, 0.4) is 0 Å². The highest BCUT2D eigenvalue weighted by Gasteiger charge is 2.14. The average Bonchev–Trinajstić information content (AvgIpc) is 3.33. The molecule has 0 radical (unpaired) electrons. The first-order valence-electron chi connectivity index (χ1n) is 10.6. The molecule has 0 atom stereocenters. The molecule has 0 saturated carbocycles. The highest BCUT2D eigenvalue weighted by Crippen LogP contribution is 2.31. The van der Waals surface area contributed by atoms with Gasteiger partial charge in [0.05, 0.1) is 32.4 Å². The summed E-state index contributed by atoms with van der Waals surface area (Å²) in [7, 11) is 3.13. The maximum Gasteiger partial charge on any atom is 0.258 e. The number of benzene rings is 2. The van der Waals surface area contributed by atoms with Crippen molar-refractivity contribution in [1.82, 2.24) is 25.1 Å². The Morgan fingerprint density at radius 3 is 2.54 bits per heavy atom. The van der Waals surface area contributed by atoms with E-state index in [-0.39, 0.29) is 25.7 Å². The normalized spacial score (nSPS) is 10.4. The first-order chi connectivity index (χ1) is 17.1. The van der Waals surface area contributed by atoms with Crippen LogP contribution in [-0.4, -0.2) is 59.7 Å². The first kappa shape index (κ1) is 23.3. The summed E-state index contributed by atoms with van der Waals surface area (Å²) in [5.74, 6) is 2.24. The topological polar surface area (TPSA) is 133 Å². The van der Waals surface area contributed by atoms with Crippen molar-refractivity contribution >= 4 is 11.6 Å². The Labute approximate surface area is 200 Å². The molecule has 2 aromatic carbocycles. The zero-order chi connectivity index (χ0) is 24.6. The molecule has 0 aliphatic heterocycles. The molecule has 0 fully saturated rings. The van der Waals surface area contributed by atoms with E-state index in [1.165, 1.54) is 0 Å². The Bertz CT molecular complexity index is 1360. The van der Waals surface area contributed by atoms with Crippen LogP contribution in [0.4, 0.5) is 0 Å². The van der Waals surface area contributed by atoms with E-state index in [2.05, 4.69) is 20.6 Å². The fourth-order valence-electron chi connectivity index (χ4n) is 3.18. The number of carbonyl (C=O) groups is 1. The number of ether oxygens (including phenoxy) is 4. The number of nitriles is 1. The van der Waals surface area contributed by atoms with Crippen molar-refractivity contribution in [2.45, 2.75) is 0 Å². The lowest BCUT2D eigenvalue weighted by molar-refractivity contribution is -0.123. The minimum Gasteiger partial charge on any atom is -0.493 e. The number of hydrogen-bond donors (Lipinski definition) is 1. The Hall–Kier alpha value is -4.85. The molecule has 11 nitrogen and oxygen atoms in total. The molecule has 4 rings (SSSR count). The summed E-state index contributed by atoms with van der Waals surface area (Å²) >= 11 is 0. The smallest absolute Gasteiger partial charge is 0.258 e. The van der Waals surface area contributed by atoms with Crippen molar-refractivity contribution in [1.29, 1.82) is 5.26 Å². The van der Waals surface area contributed by atoms with Gasteiger partial charge < -0.3 is 24.3 Å². The third kappa shape index (κ3) is 5.56. The minimum absolute atomic E-state index is 0.147. The van der Waals surface area contributed by atoms with Crippen LogP contribution < -0.4 is 24.3 Å². The van der Waals surface area contributed by atoms with Crippen LogP contribution in [0.2, 0.25) is 0 Å². The molecule has 0 aliphatic rings. The average molecular weight is 474 g/mol. The van der Waals surface area contributed by atoms with Gasteiger partial charge in [0.15, 0.2) is 29.6 Å². The highest BCUT2D eigenvalue weighted by atomic mass is 16.5. The van der Waals surface area contributed by atoms with Gasteiger partial charge in [0.25, 0.3) is 5.91 Å². The van der Waals surface area contributed by atoms with Crippen molar-refractivity contribution in [2.75, 3.05) is 34.0 Å². The van der Waals surface area contributed by atoms with E-state index in [4.69, 9.17) is 24.2 Å². The number of methoxy groups -OCH3 is 2. The Morgan fingerprint density at radius 2 is 1.80 bits per heavy atom. The second-order valence-electron chi connectivity index (χ2n) is 7.16. The molecule has 1 N–H and O–H groups in total.